The Labute approximate surface area is 313 Å². The molecule has 1 aliphatic heterocycles. The number of rotatable bonds is 18. The van der Waals surface area contributed by atoms with Crippen molar-refractivity contribution >= 4 is 44.9 Å². The van der Waals surface area contributed by atoms with Gasteiger partial charge in [0.1, 0.15) is 21.9 Å². The maximum Gasteiger partial charge on any atom is 0.387 e. The number of benzene rings is 2. The van der Waals surface area contributed by atoms with Gasteiger partial charge in [0.15, 0.2) is 23.9 Å². The summed E-state index contributed by atoms with van der Waals surface area (Å²) in [6.07, 6.45) is 10.6. The van der Waals surface area contributed by atoms with Crippen LogP contribution in [0.1, 0.15) is 72.5 Å². The fourth-order valence-corrected chi connectivity index (χ4v) is 7.58. The van der Waals surface area contributed by atoms with Crippen LogP contribution < -0.4 is 23.5 Å². The van der Waals surface area contributed by atoms with Gasteiger partial charge in [0.25, 0.3) is 0 Å². The third-order valence-electron chi connectivity index (χ3n) is 9.47. The molecule has 1 N–H and O–H groups in total. The van der Waals surface area contributed by atoms with Crippen molar-refractivity contribution in [2.75, 3.05) is 50.0 Å². The second-order valence-corrected chi connectivity index (χ2v) is 16.5. The topological polar surface area (TPSA) is 109 Å². The Bertz CT molecular complexity index is 1800. The van der Waals surface area contributed by atoms with Gasteiger partial charge in [-0.2, -0.15) is 8.78 Å². The fourth-order valence-electron chi connectivity index (χ4n) is 6.14. The van der Waals surface area contributed by atoms with E-state index in [1.54, 1.807) is 18.5 Å². The van der Waals surface area contributed by atoms with Gasteiger partial charge in [0, 0.05) is 25.1 Å². The molecular formula is C37H44Cl2F2N3O7S+. The molecule has 2 saturated carbocycles. The van der Waals surface area contributed by atoms with E-state index in [-0.39, 0.29) is 35.7 Å². The van der Waals surface area contributed by atoms with Crippen LogP contribution in [0.25, 0.3) is 0 Å². The van der Waals surface area contributed by atoms with Crippen molar-refractivity contribution in [2.24, 2.45) is 11.8 Å². The number of hydrogen-bond acceptors (Lipinski definition) is 8. The van der Waals surface area contributed by atoms with Gasteiger partial charge in [-0.3, -0.25) is 4.31 Å². The molecule has 0 radical (unpaired) electrons. The second kappa shape index (κ2) is 17.2. The number of piperidine rings is 1. The highest BCUT2D eigenvalue weighted by molar-refractivity contribution is 7.92. The summed E-state index contributed by atoms with van der Waals surface area (Å²) in [5.41, 5.74) is 1.25. The van der Waals surface area contributed by atoms with E-state index >= 15 is 0 Å². The highest BCUT2D eigenvalue weighted by atomic mass is 35.5. The molecule has 0 spiro atoms. The van der Waals surface area contributed by atoms with Crippen LogP contribution in [-0.4, -0.2) is 71.5 Å². The van der Waals surface area contributed by atoms with Crippen molar-refractivity contribution in [1.82, 2.24) is 4.90 Å². The number of nitrogens with zero attached hydrogens (tertiary/aromatic N) is 2. The third-order valence-corrected chi connectivity index (χ3v) is 11.3. The zero-order chi connectivity index (χ0) is 36.8. The number of likely N-dealkylation sites (tertiary alicyclic amines) is 1. The molecule has 0 unspecified atom stereocenters. The van der Waals surface area contributed by atoms with Gasteiger partial charge in [-0.1, -0.05) is 35.7 Å². The lowest BCUT2D eigenvalue weighted by atomic mass is 10.0. The molecule has 2 aliphatic carbocycles. The van der Waals surface area contributed by atoms with Crippen LogP contribution in [-0.2, 0) is 21.2 Å². The number of ether oxygens (including phenoxy) is 4. The number of anilines is 1. The first-order chi connectivity index (χ1) is 24.9. The molecule has 0 amide bonds. The number of pyridine rings is 1. The van der Waals surface area contributed by atoms with Crippen LogP contribution in [0.2, 0.25) is 10.0 Å². The van der Waals surface area contributed by atoms with Crippen LogP contribution in [0.3, 0.4) is 0 Å². The number of H-pyrrole nitrogens is 1. The Morgan fingerprint density at radius 1 is 0.923 bits per heavy atom. The molecule has 15 heteroatoms. The molecule has 282 valence electrons. The van der Waals surface area contributed by atoms with Gasteiger partial charge in [0.05, 0.1) is 30.7 Å². The number of hydrogen-bond donors (Lipinski definition) is 0. The number of halogens is 4. The van der Waals surface area contributed by atoms with Gasteiger partial charge >= 0.3 is 12.6 Å². The van der Waals surface area contributed by atoms with Crippen LogP contribution in [0, 0.1) is 11.8 Å². The molecule has 0 bridgehead atoms. The minimum absolute atomic E-state index is 0.0238. The molecule has 3 fully saturated rings. The number of alkyl halides is 2. The summed E-state index contributed by atoms with van der Waals surface area (Å²) < 4.78 is 77.4. The lowest BCUT2D eigenvalue weighted by Gasteiger charge is -2.31. The van der Waals surface area contributed by atoms with Gasteiger partial charge < -0.3 is 23.8 Å². The predicted octanol–water partition coefficient (Wildman–Crippen LogP) is 7.38. The number of carbonyl (C=O) groups excluding carboxylic acids is 1. The van der Waals surface area contributed by atoms with E-state index in [1.165, 1.54) is 34.6 Å². The summed E-state index contributed by atoms with van der Waals surface area (Å²) in [5.74, 6) is 0.269. The number of nitrogens with one attached hydrogen (secondary N) is 1. The monoisotopic (exact) mass is 782 g/mol. The normalized spacial score (nSPS) is 17.1. The Kier molecular flexibility index (Phi) is 12.7. The van der Waals surface area contributed by atoms with E-state index in [0.717, 1.165) is 64.3 Å². The largest absolute Gasteiger partial charge is 0.491 e. The lowest BCUT2D eigenvalue weighted by molar-refractivity contribution is -0.377. The highest BCUT2D eigenvalue weighted by Gasteiger charge is 2.30. The van der Waals surface area contributed by atoms with Crippen molar-refractivity contribution in [2.45, 2.75) is 64.1 Å². The molecule has 2 heterocycles. The Balaban J connectivity index is 1.32. The SMILES string of the molecule is CS(=O)(=O)N(CCN1CCCCC1)c1cc(C(=O)O[C@@H](Cc2c(Cl)c[nH+]cc2Cl)c2ccc(OC(F)F)c(OCC3CC3)c2)ccc1OCC1CC1. The number of carbonyl (C=O) groups is 1. The predicted molar refractivity (Wildman–Crippen MR) is 193 cm³/mol. The minimum Gasteiger partial charge on any atom is -0.491 e. The lowest BCUT2D eigenvalue weighted by Crippen LogP contribution is -2.40. The fraction of sp³-hybridized carbons (Fsp3) is 0.514. The molecule has 6 rings (SSSR count). The molecule has 52 heavy (non-hydrogen) atoms. The summed E-state index contributed by atoms with van der Waals surface area (Å²) >= 11 is 13.0. The zero-order valence-corrected chi connectivity index (χ0v) is 31.3. The zero-order valence-electron chi connectivity index (χ0n) is 29.0. The van der Waals surface area contributed by atoms with Gasteiger partial charge in [-0.15, -0.1) is 0 Å². The first-order valence-electron chi connectivity index (χ1n) is 17.7. The minimum atomic E-state index is -3.78. The number of aromatic nitrogens is 1. The van der Waals surface area contributed by atoms with Crippen molar-refractivity contribution in [3.8, 4) is 17.2 Å². The molecule has 1 aromatic heterocycles. The second-order valence-electron chi connectivity index (χ2n) is 13.7. The summed E-state index contributed by atoms with van der Waals surface area (Å²) in [6.45, 7) is 0.189. The van der Waals surface area contributed by atoms with Crippen molar-refractivity contribution in [3.63, 3.8) is 0 Å². The van der Waals surface area contributed by atoms with E-state index < -0.39 is 28.7 Å². The Morgan fingerprint density at radius 3 is 2.17 bits per heavy atom. The summed E-state index contributed by atoms with van der Waals surface area (Å²) in [7, 11) is -3.78. The van der Waals surface area contributed by atoms with E-state index in [9.17, 15) is 22.0 Å². The third kappa shape index (κ3) is 10.6. The first kappa shape index (κ1) is 38.3. The standard InChI is InChI=1S/C37H43Cl2F2N3O7S/c1-52(46,47)44(16-15-43-13-3-2-4-14-43)31-17-27(10-11-32(31)48-22-24-5-6-24)36(45)50-34(19-28-29(38)20-42-21-30(28)39)26-9-12-33(51-37(40)41)35(18-26)49-23-25-7-8-25/h9-12,17-18,20-21,24-25,34,37H,2-8,13-16,19,22-23H2,1H3/p+1/t34-/m0/s1. The number of esters is 1. The summed E-state index contributed by atoms with van der Waals surface area (Å²) in [6, 6.07) is 9.01. The van der Waals surface area contributed by atoms with Gasteiger partial charge in [-0.05, 0) is 99.3 Å². The summed E-state index contributed by atoms with van der Waals surface area (Å²) in [5, 5.41) is 0.599. The Morgan fingerprint density at radius 2 is 1.56 bits per heavy atom. The van der Waals surface area contributed by atoms with Crippen molar-refractivity contribution in [3.05, 3.63) is 75.5 Å². The molecule has 3 aromatic rings. The van der Waals surface area contributed by atoms with E-state index in [1.807, 2.05) is 0 Å². The van der Waals surface area contributed by atoms with E-state index in [2.05, 4.69) is 9.88 Å². The molecule has 1 atom stereocenters. The van der Waals surface area contributed by atoms with Crippen LogP contribution in [0.5, 0.6) is 17.2 Å². The molecular weight excluding hydrogens is 739 g/mol. The highest BCUT2D eigenvalue weighted by Crippen LogP contribution is 2.39. The number of sulfonamides is 1. The smallest absolute Gasteiger partial charge is 0.387 e. The maximum atomic E-state index is 14.1. The first-order valence-corrected chi connectivity index (χ1v) is 20.3. The Hall–Kier alpha value is -3.39. The number of aromatic amines is 1. The average molecular weight is 784 g/mol. The molecule has 1 saturated heterocycles. The summed E-state index contributed by atoms with van der Waals surface area (Å²) in [4.78, 5) is 19.2. The van der Waals surface area contributed by atoms with Crippen molar-refractivity contribution in [1.29, 1.82) is 0 Å². The molecule has 3 aliphatic rings. The van der Waals surface area contributed by atoms with Crippen LogP contribution in [0.15, 0.2) is 48.8 Å². The van der Waals surface area contributed by atoms with Gasteiger partial charge in [0.2, 0.25) is 10.0 Å². The van der Waals surface area contributed by atoms with E-state index in [0.29, 0.717) is 58.5 Å². The van der Waals surface area contributed by atoms with Crippen molar-refractivity contribution < 1.29 is 45.9 Å². The molecule has 10 nitrogen and oxygen atoms in total. The van der Waals surface area contributed by atoms with Crippen LogP contribution >= 0.6 is 23.2 Å². The van der Waals surface area contributed by atoms with E-state index in [4.69, 9.17) is 42.1 Å². The quantitative estimate of drug-likeness (QED) is 0.123. The maximum absolute atomic E-state index is 14.1. The van der Waals surface area contributed by atoms with Crippen LogP contribution in [0.4, 0.5) is 14.5 Å². The molecule has 2 aromatic carbocycles. The van der Waals surface area contributed by atoms with Gasteiger partial charge in [-0.25, -0.2) is 18.2 Å². The average Bonchev–Trinajstić information content (AvgIpc) is 4.04.